The van der Waals surface area contributed by atoms with Gasteiger partial charge in [0, 0.05) is 24.5 Å². The molecule has 10 heteroatoms. The van der Waals surface area contributed by atoms with E-state index in [2.05, 4.69) is 20.7 Å². The number of rotatable bonds is 4. The van der Waals surface area contributed by atoms with Gasteiger partial charge in [-0.25, -0.2) is 13.1 Å². The van der Waals surface area contributed by atoms with Crippen LogP contribution in [0, 0.1) is 6.92 Å². The Morgan fingerprint density at radius 1 is 1.10 bits per heavy atom. The SMILES string of the molecule is Cc1ccc(-n2nc3c(c2NC(=O)C(=O)NCc2cccnc2)CS(=O)(=O)C3)cc1. The quantitative estimate of drug-likeness (QED) is 0.607. The van der Waals surface area contributed by atoms with E-state index >= 15 is 0 Å². The number of carbonyl (C=O) groups is 2. The molecule has 0 spiro atoms. The lowest BCUT2D eigenvalue weighted by Crippen LogP contribution is -2.35. The number of amides is 2. The van der Waals surface area contributed by atoms with Crippen LogP contribution in [0.2, 0.25) is 0 Å². The predicted molar refractivity (Wildman–Crippen MR) is 109 cm³/mol. The topological polar surface area (TPSA) is 123 Å². The van der Waals surface area contributed by atoms with Gasteiger partial charge in [-0.1, -0.05) is 23.8 Å². The van der Waals surface area contributed by atoms with Gasteiger partial charge in [-0.05, 0) is 30.7 Å². The number of carbonyl (C=O) groups excluding carboxylic acids is 2. The van der Waals surface area contributed by atoms with Crippen molar-refractivity contribution in [1.82, 2.24) is 20.1 Å². The number of hydrogen-bond donors (Lipinski definition) is 2. The molecule has 0 saturated carbocycles. The Bertz CT molecular complexity index is 1220. The van der Waals surface area contributed by atoms with Gasteiger partial charge in [-0.3, -0.25) is 14.6 Å². The zero-order chi connectivity index (χ0) is 21.3. The Morgan fingerprint density at radius 2 is 1.87 bits per heavy atom. The van der Waals surface area contributed by atoms with Crippen LogP contribution >= 0.6 is 0 Å². The highest BCUT2D eigenvalue weighted by Gasteiger charge is 2.33. The zero-order valence-corrected chi connectivity index (χ0v) is 16.9. The number of fused-ring (bicyclic) bond motifs is 1. The maximum Gasteiger partial charge on any atom is 0.314 e. The minimum absolute atomic E-state index is 0.143. The molecule has 2 aromatic heterocycles. The first-order chi connectivity index (χ1) is 14.3. The molecule has 0 atom stereocenters. The summed E-state index contributed by atoms with van der Waals surface area (Å²) < 4.78 is 25.5. The number of sulfone groups is 1. The van der Waals surface area contributed by atoms with Crippen molar-refractivity contribution in [3.05, 3.63) is 71.2 Å². The van der Waals surface area contributed by atoms with Gasteiger partial charge in [0.15, 0.2) is 9.84 Å². The number of aryl methyl sites for hydroxylation is 1. The summed E-state index contributed by atoms with van der Waals surface area (Å²) in [6, 6.07) is 10.9. The van der Waals surface area contributed by atoms with Crippen molar-refractivity contribution in [2.45, 2.75) is 25.0 Å². The minimum Gasteiger partial charge on any atom is -0.344 e. The smallest absolute Gasteiger partial charge is 0.314 e. The third-order valence-corrected chi connectivity index (χ3v) is 6.12. The Balaban J connectivity index is 1.58. The highest BCUT2D eigenvalue weighted by Crippen LogP contribution is 2.32. The number of nitrogens with zero attached hydrogens (tertiary/aromatic N) is 3. The molecule has 2 N–H and O–H groups in total. The lowest BCUT2D eigenvalue weighted by molar-refractivity contribution is -0.136. The van der Waals surface area contributed by atoms with Crippen molar-refractivity contribution in [2.75, 3.05) is 5.32 Å². The normalized spacial score (nSPS) is 14.2. The van der Waals surface area contributed by atoms with Gasteiger partial charge in [0.25, 0.3) is 0 Å². The van der Waals surface area contributed by atoms with Crippen molar-refractivity contribution in [3.63, 3.8) is 0 Å². The van der Waals surface area contributed by atoms with Crippen molar-refractivity contribution < 1.29 is 18.0 Å². The highest BCUT2D eigenvalue weighted by atomic mass is 32.2. The molecule has 0 unspecified atom stereocenters. The summed E-state index contributed by atoms with van der Waals surface area (Å²) >= 11 is 0. The molecule has 1 aromatic carbocycles. The van der Waals surface area contributed by atoms with Gasteiger partial charge in [-0.2, -0.15) is 5.10 Å². The fourth-order valence-electron chi connectivity index (χ4n) is 3.17. The van der Waals surface area contributed by atoms with Crippen LogP contribution < -0.4 is 10.6 Å². The summed E-state index contributed by atoms with van der Waals surface area (Å²) in [5, 5.41) is 9.45. The molecule has 1 aliphatic rings. The first-order valence-electron chi connectivity index (χ1n) is 9.19. The third kappa shape index (κ3) is 4.08. The van der Waals surface area contributed by atoms with E-state index in [4.69, 9.17) is 0 Å². The number of hydrogen-bond acceptors (Lipinski definition) is 6. The van der Waals surface area contributed by atoms with Crippen LogP contribution in [0.15, 0.2) is 48.8 Å². The molecule has 0 bridgehead atoms. The molecule has 154 valence electrons. The van der Waals surface area contributed by atoms with Crippen LogP contribution in [0.25, 0.3) is 5.69 Å². The van der Waals surface area contributed by atoms with Gasteiger partial charge in [0.05, 0.1) is 22.9 Å². The Morgan fingerprint density at radius 3 is 2.57 bits per heavy atom. The second-order valence-electron chi connectivity index (χ2n) is 7.05. The lowest BCUT2D eigenvalue weighted by Gasteiger charge is -2.11. The molecule has 4 rings (SSSR count). The zero-order valence-electron chi connectivity index (χ0n) is 16.1. The maximum absolute atomic E-state index is 12.5. The largest absolute Gasteiger partial charge is 0.344 e. The van der Waals surface area contributed by atoms with E-state index in [1.54, 1.807) is 24.5 Å². The molecule has 30 heavy (non-hydrogen) atoms. The second-order valence-corrected chi connectivity index (χ2v) is 9.12. The lowest BCUT2D eigenvalue weighted by atomic mass is 10.2. The van der Waals surface area contributed by atoms with Crippen molar-refractivity contribution in [3.8, 4) is 5.69 Å². The molecule has 0 fully saturated rings. The first kappa shape index (κ1) is 19.8. The molecule has 9 nitrogen and oxygen atoms in total. The van der Waals surface area contributed by atoms with Crippen LogP contribution in [0.4, 0.5) is 5.82 Å². The van der Waals surface area contributed by atoms with E-state index in [0.29, 0.717) is 16.9 Å². The standard InChI is InChI=1S/C20H19N5O4S/c1-13-4-6-15(7-5-13)25-18(16-11-30(28,29)12-17(16)24-25)23-20(27)19(26)22-10-14-3-2-8-21-9-14/h2-9H,10-12H2,1H3,(H,22,26)(H,23,27). The van der Waals surface area contributed by atoms with Gasteiger partial charge in [-0.15, -0.1) is 0 Å². The number of anilines is 1. The minimum atomic E-state index is -3.33. The predicted octanol–water partition coefficient (Wildman–Crippen LogP) is 1.26. The summed E-state index contributed by atoms with van der Waals surface area (Å²) in [5.74, 6) is -1.99. The monoisotopic (exact) mass is 425 g/mol. The molecule has 0 aliphatic carbocycles. The molecule has 3 aromatic rings. The molecule has 3 heterocycles. The summed E-state index contributed by atoms with van der Waals surface area (Å²) in [5.41, 5.74) is 3.22. The molecular formula is C20H19N5O4S. The fourth-order valence-corrected chi connectivity index (χ4v) is 4.67. The van der Waals surface area contributed by atoms with Gasteiger partial charge in [0.2, 0.25) is 0 Å². The van der Waals surface area contributed by atoms with E-state index in [-0.39, 0.29) is 23.9 Å². The number of nitrogens with one attached hydrogen (secondary N) is 2. The van der Waals surface area contributed by atoms with Crippen LogP contribution in [0.5, 0.6) is 0 Å². The Hall–Kier alpha value is -3.53. The molecular weight excluding hydrogens is 406 g/mol. The maximum atomic E-state index is 12.5. The van der Waals surface area contributed by atoms with Gasteiger partial charge in [0.1, 0.15) is 5.82 Å². The number of aromatic nitrogens is 3. The third-order valence-electron chi connectivity index (χ3n) is 4.68. The Labute approximate surface area is 173 Å². The molecule has 2 amide bonds. The average Bonchev–Trinajstić information content (AvgIpc) is 3.20. The van der Waals surface area contributed by atoms with Crippen molar-refractivity contribution >= 4 is 27.5 Å². The average molecular weight is 425 g/mol. The first-order valence-corrected chi connectivity index (χ1v) is 11.0. The Kier molecular flexibility index (Phi) is 5.08. The van der Waals surface area contributed by atoms with Gasteiger partial charge >= 0.3 is 11.8 Å². The molecule has 0 saturated heterocycles. The summed E-state index contributed by atoms with van der Waals surface area (Å²) in [4.78, 5) is 28.7. The van der Waals surface area contributed by atoms with E-state index in [1.807, 2.05) is 31.2 Å². The molecule has 1 aliphatic heterocycles. The second kappa shape index (κ2) is 7.71. The van der Waals surface area contributed by atoms with Crippen LogP contribution in [0.1, 0.15) is 22.4 Å². The van der Waals surface area contributed by atoms with Crippen LogP contribution in [-0.4, -0.2) is 35.0 Å². The molecule has 0 radical (unpaired) electrons. The van der Waals surface area contributed by atoms with Gasteiger partial charge < -0.3 is 10.6 Å². The summed E-state index contributed by atoms with van der Waals surface area (Å²) in [7, 11) is -3.33. The number of benzene rings is 1. The van der Waals surface area contributed by atoms with E-state index < -0.39 is 21.7 Å². The summed E-state index contributed by atoms with van der Waals surface area (Å²) in [6.45, 7) is 2.08. The van der Waals surface area contributed by atoms with E-state index in [1.165, 1.54) is 4.68 Å². The van der Waals surface area contributed by atoms with Crippen molar-refractivity contribution in [2.24, 2.45) is 0 Å². The van der Waals surface area contributed by atoms with E-state index in [0.717, 1.165) is 11.1 Å². The summed E-state index contributed by atoms with van der Waals surface area (Å²) in [6.07, 6.45) is 3.20. The van der Waals surface area contributed by atoms with E-state index in [9.17, 15) is 18.0 Å². The number of pyridine rings is 1. The van der Waals surface area contributed by atoms with Crippen LogP contribution in [0.3, 0.4) is 0 Å². The fraction of sp³-hybridized carbons (Fsp3) is 0.200. The van der Waals surface area contributed by atoms with Crippen molar-refractivity contribution in [1.29, 1.82) is 0 Å². The van der Waals surface area contributed by atoms with Crippen LogP contribution in [-0.2, 0) is 37.5 Å². The highest BCUT2D eigenvalue weighted by molar-refractivity contribution is 7.90.